The van der Waals surface area contributed by atoms with Gasteiger partial charge in [0.1, 0.15) is 17.5 Å². The maximum absolute atomic E-state index is 4.55. The molecule has 1 atom stereocenters. The molecule has 4 rings (SSSR count). The molecular weight excluding hydrogens is 320 g/mol. The van der Waals surface area contributed by atoms with Crippen molar-refractivity contribution < 1.29 is 0 Å². The molecule has 0 saturated heterocycles. The van der Waals surface area contributed by atoms with E-state index < -0.39 is 0 Å². The number of rotatable bonds is 4. The number of aromatic nitrogens is 5. The molecule has 0 N–H and O–H groups in total. The van der Waals surface area contributed by atoms with E-state index >= 15 is 0 Å². The number of nitrogens with zero attached hydrogens (tertiary/aromatic N) is 6. The Labute approximate surface area is 145 Å². The molecule has 3 aromatic rings. The molecule has 24 heavy (non-hydrogen) atoms. The quantitative estimate of drug-likeness (QED) is 0.731. The van der Waals surface area contributed by atoms with E-state index in [1.807, 2.05) is 24.7 Å². The zero-order valence-corrected chi connectivity index (χ0v) is 14.9. The van der Waals surface area contributed by atoms with Crippen molar-refractivity contribution in [3.05, 3.63) is 52.3 Å². The predicted molar refractivity (Wildman–Crippen MR) is 93.6 cm³/mol. The fourth-order valence-corrected chi connectivity index (χ4v) is 4.14. The lowest BCUT2D eigenvalue weighted by molar-refractivity contribution is 0.204. The summed E-state index contributed by atoms with van der Waals surface area (Å²) in [6, 6.07) is 2.21. The van der Waals surface area contributed by atoms with E-state index in [1.165, 1.54) is 5.56 Å². The molecule has 0 amide bonds. The average Bonchev–Trinajstić information content (AvgIpc) is 3.22. The van der Waals surface area contributed by atoms with Crippen molar-refractivity contribution in [3.8, 4) is 0 Å². The summed E-state index contributed by atoms with van der Waals surface area (Å²) in [7, 11) is 0. The van der Waals surface area contributed by atoms with Crippen molar-refractivity contribution in [2.45, 2.75) is 40.0 Å². The van der Waals surface area contributed by atoms with E-state index in [0.29, 0.717) is 5.92 Å². The fourth-order valence-electron chi connectivity index (χ4n) is 3.48. The molecule has 7 heteroatoms. The van der Waals surface area contributed by atoms with Crippen LogP contribution in [0.1, 0.15) is 23.0 Å². The van der Waals surface area contributed by atoms with E-state index in [2.05, 4.69) is 47.6 Å². The van der Waals surface area contributed by atoms with Crippen molar-refractivity contribution >= 4 is 11.3 Å². The van der Waals surface area contributed by atoms with Gasteiger partial charge < -0.3 is 4.57 Å². The van der Waals surface area contributed by atoms with Crippen LogP contribution in [0.4, 0.5) is 0 Å². The first-order valence-corrected chi connectivity index (χ1v) is 9.23. The minimum absolute atomic E-state index is 0.485. The van der Waals surface area contributed by atoms with Crippen LogP contribution in [0, 0.1) is 19.8 Å². The average molecular weight is 342 g/mol. The van der Waals surface area contributed by atoms with Gasteiger partial charge >= 0.3 is 0 Å². The molecule has 0 saturated carbocycles. The van der Waals surface area contributed by atoms with Crippen LogP contribution in [0.15, 0.2) is 29.2 Å². The van der Waals surface area contributed by atoms with Crippen molar-refractivity contribution in [2.75, 3.05) is 6.54 Å². The van der Waals surface area contributed by atoms with Crippen molar-refractivity contribution in [3.63, 3.8) is 0 Å². The molecule has 1 unspecified atom stereocenters. The zero-order chi connectivity index (χ0) is 16.5. The van der Waals surface area contributed by atoms with Gasteiger partial charge in [-0.05, 0) is 36.2 Å². The van der Waals surface area contributed by atoms with Gasteiger partial charge in [-0.3, -0.25) is 4.90 Å². The molecule has 4 heterocycles. The van der Waals surface area contributed by atoms with Gasteiger partial charge in [0.05, 0.1) is 6.54 Å². The molecule has 1 aliphatic heterocycles. The first kappa shape index (κ1) is 15.5. The highest BCUT2D eigenvalue weighted by Gasteiger charge is 2.23. The van der Waals surface area contributed by atoms with Crippen molar-refractivity contribution in [2.24, 2.45) is 5.92 Å². The molecule has 0 spiro atoms. The largest absolute Gasteiger partial charge is 0.333 e. The summed E-state index contributed by atoms with van der Waals surface area (Å²) < 4.78 is 4.34. The van der Waals surface area contributed by atoms with Gasteiger partial charge in [-0.1, -0.05) is 0 Å². The molecule has 6 nitrogen and oxygen atoms in total. The zero-order valence-electron chi connectivity index (χ0n) is 14.1. The molecule has 126 valence electrons. The van der Waals surface area contributed by atoms with Gasteiger partial charge in [-0.15, -0.1) is 0 Å². The molecule has 1 aliphatic rings. The third kappa shape index (κ3) is 3.27. The van der Waals surface area contributed by atoms with Gasteiger partial charge in [0, 0.05) is 44.5 Å². The van der Waals surface area contributed by atoms with Gasteiger partial charge in [0.25, 0.3) is 0 Å². The number of hydrogen-bond donors (Lipinski definition) is 0. The second kappa shape index (κ2) is 6.49. The number of aryl methyl sites for hydroxylation is 2. The number of hydrogen-bond acceptors (Lipinski definition) is 5. The summed E-state index contributed by atoms with van der Waals surface area (Å²) in [6.45, 7) is 8.77. The fraction of sp³-hybridized carbons (Fsp3) is 0.471. The van der Waals surface area contributed by atoms with Crippen LogP contribution in [-0.4, -0.2) is 35.8 Å². The standard InChI is InChI=1S/C17H22N6S/c1-13-19-14(2)23(20-13)10-16-8-21(7-15-3-6-24-12-15)11-17-18-4-5-22(17)9-16/h3-6,12,16H,7-11H2,1-2H3. The molecule has 0 aromatic carbocycles. The highest BCUT2D eigenvalue weighted by molar-refractivity contribution is 7.07. The number of fused-ring (bicyclic) bond motifs is 1. The Morgan fingerprint density at radius 2 is 2.21 bits per heavy atom. The molecule has 0 aliphatic carbocycles. The van der Waals surface area contributed by atoms with E-state index in [9.17, 15) is 0 Å². The lowest BCUT2D eigenvalue weighted by Gasteiger charge is -2.23. The normalized spacial score (nSPS) is 18.5. The predicted octanol–water partition coefficient (Wildman–Crippen LogP) is 2.49. The highest BCUT2D eigenvalue weighted by Crippen LogP contribution is 2.20. The van der Waals surface area contributed by atoms with Gasteiger partial charge in [-0.25, -0.2) is 14.6 Å². The monoisotopic (exact) mass is 342 g/mol. The second-order valence-corrected chi connectivity index (χ2v) is 7.33. The van der Waals surface area contributed by atoms with Crippen LogP contribution in [0.2, 0.25) is 0 Å². The molecule has 0 bridgehead atoms. The Balaban J connectivity index is 1.55. The molecule has 0 fully saturated rings. The first-order chi connectivity index (χ1) is 11.7. The SMILES string of the molecule is Cc1nc(C)n(CC2CN(Cc3ccsc3)Cc3nccn3C2)n1. The minimum Gasteiger partial charge on any atom is -0.333 e. The Hall–Kier alpha value is -1.99. The molecular formula is C17H22N6S. The van der Waals surface area contributed by atoms with Crippen LogP contribution < -0.4 is 0 Å². The van der Waals surface area contributed by atoms with Crippen LogP contribution in [0.5, 0.6) is 0 Å². The van der Waals surface area contributed by atoms with Gasteiger partial charge in [-0.2, -0.15) is 16.4 Å². The van der Waals surface area contributed by atoms with E-state index in [0.717, 1.165) is 50.2 Å². The number of imidazole rings is 1. The summed E-state index contributed by atoms with van der Waals surface area (Å²) in [5, 5.41) is 8.92. The third-order valence-electron chi connectivity index (χ3n) is 4.52. The molecule has 3 aromatic heterocycles. The Kier molecular flexibility index (Phi) is 4.20. The highest BCUT2D eigenvalue weighted by atomic mass is 32.1. The van der Waals surface area contributed by atoms with Crippen LogP contribution in [0.25, 0.3) is 0 Å². The maximum atomic E-state index is 4.55. The lowest BCUT2D eigenvalue weighted by atomic mass is 10.1. The Bertz CT molecular complexity index is 803. The van der Waals surface area contributed by atoms with E-state index in [-0.39, 0.29) is 0 Å². The van der Waals surface area contributed by atoms with Gasteiger partial charge in [0.2, 0.25) is 0 Å². The maximum Gasteiger partial charge on any atom is 0.147 e. The first-order valence-electron chi connectivity index (χ1n) is 8.29. The smallest absolute Gasteiger partial charge is 0.147 e. The minimum atomic E-state index is 0.485. The third-order valence-corrected chi connectivity index (χ3v) is 5.25. The topological polar surface area (TPSA) is 51.8 Å². The van der Waals surface area contributed by atoms with E-state index in [1.54, 1.807) is 11.3 Å². The van der Waals surface area contributed by atoms with E-state index in [4.69, 9.17) is 0 Å². The Morgan fingerprint density at radius 1 is 1.29 bits per heavy atom. The number of thiophene rings is 1. The van der Waals surface area contributed by atoms with Gasteiger partial charge in [0.15, 0.2) is 0 Å². The second-order valence-electron chi connectivity index (χ2n) is 6.55. The van der Waals surface area contributed by atoms with Crippen LogP contribution >= 0.6 is 11.3 Å². The summed E-state index contributed by atoms with van der Waals surface area (Å²) in [6.07, 6.45) is 4.00. The summed E-state index contributed by atoms with van der Waals surface area (Å²) in [4.78, 5) is 11.5. The van der Waals surface area contributed by atoms with Crippen molar-refractivity contribution in [1.29, 1.82) is 0 Å². The Morgan fingerprint density at radius 3 is 2.96 bits per heavy atom. The van der Waals surface area contributed by atoms with Crippen LogP contribution in [0.3, 0.4) is 0 Å². The summed E-state index contributed by atoms with van der Waals surface area (Å²) in [5.74, 6) is 3.48. The summed E-state index contributed by atoms with van der Waals surface area (Å²) in [5.41, 5.74) is 1.38. The summed E-state index contributed by atoms with van der Waals surface area (Å²) >= 11 is 1.76. The molecule has 0 radical (unpaired) electrons. The van der Waals surface area contributed by atoms with Crippen LogP contribution in [-0.2, 0) is 26.2 Å². The van der Waals surface area contributed by atoms with Crippen molar-refractivity contribution in [1.82, 2.24) is 29.2 Å². The lowest BCUT2D eigenvalue weighted by Crippen LogP contribution is -2.30.